The van der Waals surface area contributed by atoms with Crippen molar-refractivity contribution in [3.8, 4) is 0 Å². The van der Waals surface area contributed by atoms with Crippen molar-refractivity contribution in [2.75, 3.05) is 18.0 Å². The van der Waals surface area contributed by atoms with Gasteiger partial charge in [-0.1, -0.05) is 12.1 Å². The molecule has 0 fully saturated rings. The summed E-state index contributed by atoms with van der Waals surface area (Å²) >= 11 is -2.20. The summed E-state index contributed by atoms with van der Waals surface area (Å²) in [6.45, 7) is 7.29. The third-order valence-electron chi connectivity index (χ3n) is 2.47. The van der Waals surface area contributed by atoms with E-state index in [2.05, 4.69) is 11.0 Å². The molecule has 1 aromatic rings. The standard InChI is InChI=1S/C12H19NO3S/c1-4-13(9-11(3)16-17(14)15)12-7-5-6-10(2)8-12/h5-8,11H,4,9H2,1-3H3,(H,14,15). The molecule has 17 heavy (non-hydrogen) atoms. The summed E-state index contributed by atoms with van der Waals surface area (Å²) in [6.07, 6.45) is -0.290. The van der Waals surface area contributed by atoms with E-state index in [0.29, 0.717) is 6.54 Å². The van der Waals surface area contributed by atoms with Crippen LogP contribution in [0.2, 0.25) is 0 Å². The summed E-state index contributed by atoms with van der Waals surface area (Å²) in [7, 11) is 0. The van der Waals surface area contributed by atoms with Gasteiger partial charge in [-0.3, -0.25) is 8.74 Å². The fraction of sp³-hybridized carbons (Fsp3) is 0.500. The molecule has 96 valence electrons. The van der Waals surface area contributed by atoms with Gasteiger partial charge in [-0.2, -0.15) is 4.21 Å². The topological polar surface area (TPSA) is 49.8 Å². The van der Waals surface area contributed by atoms with Crippen molar-refractivity contribution < 1.29 is 12.9 Å². The number of likely N-dealkylation sites (N-methyl/N-ethyl adjacent to an activating group) is 1. The SMILES string of the molecule is CCN(CC(C)OS(=O)O)c1cccc(C)c1. The minimum Gasteiger partial charge on any atom is -0.369 e. The molecule has 2 unspecified atom stereocenters. The number of hydrogen-bond acceptors (Lipinski definition) is 3. The van der Waals surface area contributed by atoms with E-state index in [1.54, 1.807) is 6.92 Å². The first-order valence-corrected chi connectivity index (χ1v) is 6.65. The average Bonchev–Trinajstić information content (AvgIpc) is 2.24. The van der Waals surface area contributed by atoms with Crippen LogP contribution in [0, 0.1) is 6.92 Å². The van der Waals surface area contributed by atoms with Gasteiger partial charge in [0.15, 0.2) is 0 Å². The Labute approximate surface area is 105 Å². The number of nitrogens with zero attached hydrogens (tertiary/aromatic N) is 1. The Balaban J connectivity index is 2.68. The number of rotatable bonds is 6. The summed E-state index contributed by atoms with van der Waals surface area (Å²) in [5.74, 6) is 0. The van der Waals surface area contributed by atoms with Crippen LogP contribution in [0.1, 0.15) is 19.4 Å². The minimum atomic E-state index is -2.20. The van der Waals surface area contributed by atoms with Gasteiger partial charge >= 0.3 is 11.4 Å². The van der Waals surface area contributed by atoms with Gasteiger partial charge in [0.25, 0.3) is 0 Å². The first kappa shape index (κ1) is 14.2. The van der Waals surface area contributed by atoms with Crippen LogP contribution in [-0.2, 0) is 15.5 Å². The molecular formula is C12H19NO3S. The Morgan fingerprint density at radius 2 is 2.24 bits per heavy atom. The monoisotopic (exact) mass is 257 g/mol. The zero-order valence-corrected chi connectivity index (χ0v) is 11.2. The summed E-state index contributed by atoms with van der Waals surface area (Å²) in [5.41, 5.74) is 2.30. The van der Waals surface area contributed by atoms with Crippen molar-refractivity contribution >= 4 is 17.0 Å². The number of anilines is 1. The van der Waals surface area contributed by atoms with E-state index >= 15 is 0 Å². The lowest BCUT2D eigenvalue weighted by Gasteiger charge is -2.26. The number of benzene rings is 1. The highest BCUT2D eigenvalue weighted by atomic mass is 32.2. The van der Waals surface area contributed by atoms with Crippen molar-refractivity contribution in [3.05, 3.63) is 29.8 Å². The van der Waals surface area contributed by atoms with Gasteiger partial charge in [-0.25, -0.2) is 0 Å². The maximum Gasteiger partial charge on any atom is 0.302 e. The van der Waals surface area contributed by atoms with Gasteiger partial charge in [0.2, 0.25) is 0 Å². The van der Waals surface area contributed by atoms with E-state index in [1.807, 2.05) is 32.0 Å². The van der Waals surface area contributed by atoms with E-state index in [9.17, 15) is 4.21 Å². The predicted octanol–water partition coefficient (Wildman–Crippen LogP) is 2.36. The summed E-state index contributed by atoms with van der Waals surface area (Å²) in [4.78, 5) is 2.12. The van der Waals surface area contributed by atoms with E-state index in [1.165, 1.54) is 5.56 Å². The first-order chi connectivity index (χ1) is 8.02. The molecule has 1 rings (SSSR count). The van der Waals surface area contributed by atoms with Gasteiger partial charge < -0.3 is 4.90 Å². The highest BCUT2D eigenvalue weighted by Crippen LogP contribution is 2.16. The van der Waals surface area contributed by atoms with Crippen LogP contribution in [0.5, 0.6) is 0 Å². The van der Waals surface area contributed by atoms with Crippen LogP contribution in [0.4, 0.5) is 5.69 Å². The Bertz CT molecular complexity index is 384. The zero-order valence-electron chi connectivity index (χ0n) is 10.4. The fourth-order valence-corrected chi connectivity index (χ4v) is 2.06. The van der Waals surface area contributed by atoms with Gasteiger partial charge in [0.1, 0.15) is 0 Å². The van der Waals surface area contributed by atoms with E-state index in [4.69, 9.17) is 8.74 Å². The molecule has 0 amide bonds. The molecule has 0 aliphatic carbocycles. The van der Waals surface area contributed by atoms with Crippen LogP contribution in [0.25, 0.3) is 0 Å². The molecule has 0 saturated heterocycles. The molecule has 2 atom stereocenters. The lowest BCUT2D eigenvalue weighted by atomic mass is 10.2. The summed E-state index contributed by atoms with van der Waals surface area (Å²) in [6, 6.07) is 8.16. The van der Waals surface area contributed by atoms with Crippen LogP contribution >= 0.6 is 0 Å². The number of hydrogen-bond donors (Lipinski definition) is 1. The quantitative estimate of drug-likeness (QED) is 0.795. The number of aryl methyl sites for hydroxylation is 1. The second-order valence-electron chi connectivity index (χ2n) is 4.00. The third kappa shape index (κ3) is 4.85. The predicted molar refractivity (Wildman–Crippen MR) is 70.4 cm³/mol. The molecule has 0 aliphatic heterocycles. The molecule has 4 nitrogen and oxygen atoms in total. The molecule has 0 saturated carbocycles. The van der Waals surface area contributed by atoms with Crippen molar-refractivity contribution in [1.82, 2.24) is 0 Å². The fourth-order valence-electron chi connectivity index (χ4n) is 1.72. The second kappa shape index (κ2) is 6.74. The maximum absolute atomic E-state index is 10.5. The van der Waals surface area contributed by atoms with Crippen LogP contribution in [-0.4, -0.2) is 28.0 Å². The highest BCUT2D eigenvalue weighted by molar-refractivity contribution is 7.74. The van der Waals surface area contributed by atoms with Gasteiger partial charge in [-0.05, 0) is 38.5 Å². The van der Waals surface area contributed by atoms with E-state index < -0.39 is 11.4 Å². The van der Waals surface area contributed by atoms with Crippen molar-refractivity contribution in [2.45, 2.75) is 26.9 Å². The Morgan fingerprint density at radius 3 is 2.76 bits per heavy atom. The molecule has 1 aromatic carbocycles. The van der Waals surface area contributed by atoms with Gasteiger partial charge in [0, 0.05) is 18.8 Å². The lowest BCUT2D eigenvalue weighted by Crippen LogP contribution is -2.32. The normalized spacial score (nSPS) is 14.4. The molecule has 5 heteroatoms. The molecule has 0 radical (unpaired) electrons. The molecular weight excluding hydrogens is 238 g/mol. The largest absolute Gasteiger partial charge is 0.369 e. The van der Waals surface area contributed by atoms with Crippen molar-refractivity contribution in [2.24, 2.45) is 0 Å². The van der Waals surface area contributed by atoms with Crippen LogP contribution in [0.3, 0.4) is 0 Å². The van der Waals surface area contributed by atoms with Crippen molar-refractivity contribution in [3.63, 3.8) is 0 Å². The highest BCUT2D eigenvalue weighted by Gasteiger charge is 2.12. The van der Waals surface area contributed by atoms with Gasteiger partial charge in [-0.15, -0.1) is 0 Å². The minimum absolute atomic E-state index is 0.290. The third-order valence-corrected chi connectivity index (χ3v) is 2.97. The molecule has 0 spiro atoms. The summed E-state index contributed by atoms with van der Waals surface area (Å²) in [5, 5.41) is 0. The molecule has 1 N–H and O–H groups in total. The first-order valence-electron chi connectivity index (χ1n) is 5.62. The zero-order chi connectivity index (χ0) is 12.8. The molecule has 0 bridgehead atoms. The Kier molecular flexibility index (Phi) is 5.61. The molecule has 0 aliphatic rings. The molecule has 0 aromatic heterocycles. The maximum atomic E-state index is 10.5. The smallest absolute Gasteiger partial charge is 0.302 e. The van der Waals surface area contributed by atoms with Crippen LogP contribution in [0.15, 0.2) is 24.3 Å². The van der Waals surface area contributed by atoms with E-state index in [-0.39, 0.29) is 6.10 Å². The van der Waals surface area contributed by atoms with E-state index in [0.717, 1.165) is 12.2 Å². The van der Waals surface area contributed by atoms with Gasteiger partial charge in [0.05, 0.1) is 6.10 Å². The van der Waals surface area contributed by atoms with Crippen molar-refractivity contribution in [1.29, 1.82) is 0 Å². The Hall–Kier alpha value is -0.910. The van der Waals surface area contributed by atoms with Crippen LogP contribution < -0.4 is 4.90 Å². The lowest BCUT2D eigenvalue weighted by molar-refractivity contribution is 0.227. The summed E-state index contributed by atoms with van der Waals surface area (Å²) < 4.78 is 24.0. The Morgan fingerprint density at radius 1 is 1.53 bits per heavy atom. The second-order valence-corrected chi connectivity index (χ2v) is 4.63. The average molecular weight is 257 g/mol. The molecule has 0 heterocycles.